The Kier molecular flexibility index (Phi) is 8.18. The smallest absolute Gasteiger partial charge is 0.370 e. The van der Waals surface area contributed by atoms with Crippen molar-refractivity contribution in [2.75, 3.05) is 12.5 Å². The summed E-state index contributed by atoms with van der Waals surface area (Å²) in [6.45, 7) is 5.37. The van der Waals surface area contributed by atoms with Crippen molar-refractivity contribution >= 4 is 23.0 Å². The Morgan fingerprint density at radius 3 is 2.47 bits per heavy atom. The Morgan fingerprint density at radius 1 is 1.27 bits per heavy atom. The molecule has 0 rings (SSSR count). The van der Waals surface area contributed by atoms with E-state index in [0.717, 1.165) is 24.6 Å². The number of rotatable bonds is 6. The molecule has 0 N–H and O–H groups in total. The maximum Gasteiger partial charge on any atom is 0.370 e. The van der Waals surface area contributed by atoms with Crippen molar-refractivity contribution in [1.29, 1.82) is 0 Å². The van der Waals surface area contributed by atoms with Gasteiger partial charge in [0.2, 0.25) is 6.79 Å². The summed E-state index contributed by atoms with van der Waals surface area (Å²) in [5, 5.41) is -0.409. The molecule has 4 nitrogen and oxygen atoms in total. The van der Waals surface area contributed by atoms with Gasteiger partial charge < -0.3 is 9.47 Å². The Bertz CT molecular complexity index is 206. The van der Waals surface area contributed by atoms with E-state index in [0.29, 0.717) is 5.75 Å². The van der Waals surface area contributed by atoms with Crippen molar-refractivity contribution in [3.05, 3.63) is 0 Å². The number of hydrogen-bond donors (Lipinski definition) is 0. The van der Waals surface area contributed by atoms with E-state index in [-0.39, 0.29) is 18.7 Å². The molecule has 0 bridgehead atoms. The Hall–Kier alpha value is -0.710. The number of hydrogen-bond acceptors (Lipinski definition) is 5. The Morgan fingerprint density at radius 2 is 1.93 bits per heavy atom. The van der Waals surface area contributed by atoms with Crippen LogP contribution in [-0.4, -0.2) is 23.8 Å². The minimum atomic E-state index is -0.409. The van der Waals surface area contributed by atoms with Crippen LogP contribution in [0.25, 0.3) is 0 Å². The van der Waals surface area contributed by atoms with E-state index in [4.69, 9.17) is 4.74 Å². The van der Waals surface area contributed by atoms with Gasteiger partial charge in [0.1, 0.15) is 0 Å². The zero-order valence-electron chi connectivity index (χ0n) is 9.45. The standard InChI is InChI=1S/C10H18O4S/c1-4-6-8(3)9(11)13-7-14-10(12)15-5-2/h8H,4-7H2,1-3H3. The predicted molar refractivity (Wildman–Crippen MR) is 59.6 cm³/mol. The lowest BCUT2D eigenvalue weighted by molar-refractivity contribution is -0.155. The first-order chi connectivity index (χ1) is 7.11. The number of carbonyl (C=O) groups is 2. The molecule has 15 heavy (non-hydrogen) atoms. The second kappa shape index (κ2) is 8.59. The first kappa shape index (κ1) is 14.3. The topological polar surface area (TPSA) is 52.6 Å². The fraction of sp³-hybridized carbons (Fsp3) is 0.800. The molecule has 0 aliphatic carbocycles. The van der Waals surface area contributed by atoms with Gasteiger partial charge in [-0.05, 0) is 18.2 Å². The van der Waals surface area contributed by atoms with Gasteiger partial charge in [0.15, 0.2) is 0 Å². The van der Waals surface area contributed by atoms with Crippen LogP contribution < -0.4 is 0 Å². The lowest BCUT2D eigenvalue weighted by atomic mass is 10.1. The third kappa shape index (κ3) is 7.25. The van der Waals surface area contributed by atoms with Gasteiger partial charge in [-0.15, -0.1) is 0 Å². The molecule has 0 amide bonds. The fourth-order valence-electron chi connectivity index (χ4n) is 0.988. The van der Waals surface area contributed by atoms with Crippen LogP contribution in [0.3, 0.4) is 0 Å². The molecule has 0 saturated carbocycles. The van der Waals surface area contributed by atoms with Gasteiger partial charge in [-0.25, -0.2) is 4.79 Å². The van der Waals surface area contributed by atoms with E-state index in [2.05, 4.69) is 4.74 Å². The zero-order valence-corrected chi connectivity index (χ0v) is 10.3. The van der Waals surface area contributed by atoms with Crippen LogP contribution in [0.1, 0.15) is 33.6 Å². The van der Waals surface area contributed by atoms with E-state index >= 15 is 0 Å². The lowest BCUT2D eigenvalue weighted by Gasteiger charge is -2.09. The highest BCUT2D eigenvalue weighted by molar-refractivity contribution is 8.13. The maximum atomic E-state index is 11.3. The molecule has 0 heterocycles. The predicted octanol–water partition coefficient (Wildman–Crippen LogP) is 2.81. The van der Waals surface area contributed by atoms with Gasteiger partial charge in [0.25, 0.3) is 0 Å². The third-order valence-electron chi connectivity index (χ3n) is 1.76. The molecule has 0 aromatic heterocycles. The summed E-state index contributed by atoms with van der Waals surface area (Å²) in [5.41, 5.74) is 0. The lowest BCUT2D eigenvalue weighted by Crippen LogP contribution is -2.17. The van der Waals surface area contributed by atoms with Crippen molar-refractivity contribution in [3.63, 3.8) is 0 Å². The molecule has 0 aliphatic heterocycles. The average Bonchev–Trinajstić information content (AvgIpc) is 2.18. The summed E-state index contributed by atoms with van der Waals surface area (Å²) in [5.74, 6) is 0.206. The summed E-state index contributed by atoms with van der Waals surface area (Å²) in [7, 11) is 0. The van der Waals surface area contributed by atoms with Gasteiger partial charge in [-0.3, -0.25) is 4.79 Å². The van der Waals surface area contributed by atoms with Gasteiger partial charge >= 0.3 is 11.3 Å². The van der Waals surface area contributed by atoms with Crippen LogP contribution in [0.5, 0.6) is 0 Å². The molecule has 0 saturated heterocycles. The number of esters is 1. The van der Waals surface area contributed by atoms with Crippen molar-refractivity contribution in [1.82, 2.24) is 0 Å². The average molecular weight is 234 g/mol. The fourth-order valence-corrected chi connectivity index (χ4v) is 1.36. The van der Waals surface area contributed by atoms with Gasteiger partial charge in [-0.1, -0.05) is 27.2 Å². The van der Waals surface area contributed by atoms with Crippen molar-refractivity contribution in [2.45, 2.75) is 33.6 Å². The second-order valence-corrected chi connectivity index (χ2v) is 4.30. The normalized spacial score (nSPS) is 11.9. The summed E-state index contributed by atoms with van der Waals surface area (Å²) >= 11 is 1.05. The highest BCUT2D eigenvalue weighted by atomic mass is 32.2. The highest BCUT2D eigenvalue weighted by Crippen LogP contribution is 2.08. The SMILES string of the molecule is CCCC(C)C(=O)OCOC(=O)SCC. The molecule has 0 aliphatic rings. The molecular weight excluding hydrogens is 216 g/mol. The van der Waals surface area contributed by atoms with Crippen LogP contribution in [-0.2, 0) is 14.3 Å². The molecule has 0 aromatic carbocycles. The summed E-state index contributed by atoms with van der Waals surface area (Å²) in [6.07, 6.45) is 1.72. The van der Waals surface area contributed by atoms with Crippen molar-refractivity contribution in [2.24, 2.45) is 5.92 Å². The molecular formula is C10H18O4S. The largest absolute Gasteiger partial charge is 0.428 e. The Labute approximate surface area is 94.7 Å². The zero-order chi connectivity index (χ0) is 11.7. The minimum Gasteiger partial charge on any atom is -0.428 e. The summed E-state index contributed by atoms with van der Waals surface area (Å²) in [6, 6.07) is 0. The van der Waals surface area contributed by atoms with Crippen LogP contribution in [0, 0.1) is 5.92 Å². The van der Waals surface area contributed by atoms with Crippen LogP contribution in [0.2, 0.25) is 0 Å². The van der Waals surface area contributed by atoms with Crippen LogP contribution >= 0.6 is 11.8 Å². The number of carbonyl (C=O) groups excluding carboxylic acids is 2. The van der Waals surface area contributed by atoms with Crippen LogP contribution in [0.4, 0.5) is 4.79 Å². The van der Waals surface area contributed by atoms with Gasteiger partial charge in [-0.2, -0.15) is 0 Å². The third-order valence-corrected chi connectivity index (χ3v) is 2.41. The number of thioether (sulfide) groups is 1. The molecule has 88 valence electrons. The van der Waals surface area contributed by atoms with E-state index in [1.54, 1.807) is 6.92 Å². The van der Waals surface area contributed by atoms with Gasteiger partial charge in [0, 0.05) is 5.75 Å². The van der Waals surface area contributed by atoms with E-state index in [1.807, 2.05) is 13.8 Å². The van der Waals surface area contributed by atoms with E-state index in [1.165, 1.54) is 0 Å². The minimum absolute atomic E-state index is 0.132. The molecule has 1 atom stereocenters. The molecule has 0 fully saturated rings. The van der Waals surface area contributed by atoms with E-state index in [9.17, 15) is 9.59 Å². The van der Waals surface area contributed by atoms with E-state index < -0.39 is 5.30 Å². The van der Waals surface area contributed by atoms with Crippen LogP contribution in [0.15, 0.2) is 0 Å². The van der Waals surface area contributed by atoms with Crippen molar-refractivity contribution < 1.29 is 19.1 Å². The quantitative estimate of drug-likeness (QED) is 0.522. The monoisotopic (exact) mass is 234 g/mol. The molecule has 0 radical (unpaired) electrons. The summed E-state index contributed by atoms with van der Waals surface area (Å²) in [4.78, 5) is 22.1. The first-order valence-corrected chi connectivity index (χ1v) is 6.06. The molecule has 5 heteroatoms. The second-order valence-electron chi connectivity index (χ2n) is 3.10. The van der Waals surface area contributed by atoms with Gasteiger partial charge in [0.05, 0.1) is 5.92 Å². The molecule has 0 spiro atoms. The molecule has 1 unspecified atom stereocenters. The highest BCUT2D eigenvalue weighted by Gasteiger charge is 2.13. The first-order valence-electron chi connectivity index (χ1n) is 5.08. The summed E-state index contributed by atoms with van der Waals surface area (Å²) < 4.78 is 9.44. The number of ether oxygens (including phenoxy) is 2. The van der Waals surface area contributed by atoms with Crippen molar-refractivity contribution in [3.8, 4) is 0 Å². The molecule has 0 aromatic rings. The Balaban J connectivity index is 3.58. The maximum absolute atomic E-state index is 11.3.